The molecule has 21 heavy (non-hydrogen) atoms. The predicted octanol–water partition coefficient (Wildman–Crippen LogP) is 4.45. The molecular formula is C15H14BrClN2O2. The summed E-state index contributed by atoms with van der Waals surface area (Å²) in [5.74, 6) is 2.44. The van der Waals surface area contributed by atoms with E-state index in [0.29, 0.717) is 22.6 Å². The maximum absolute atomic E-state index is 6.24. The molecule has 2 aromatic rings. The van der Waals surface area contributed by atoms with E-state index in [1.54, 1.807) is 14.2 Å². The second kappa shape index (κ2) is 5.81. The zero-order chi connectivity index (χ0) is 15.0. The van der Waals surface area contributed by atoms with Gasteiger partial charge >= 0.3 is 0 Å². The largest absolute Gasteiger partial charge is 0.497 e. The molecule has 1 aliphatic rings. The van der Waals surface area contributed by atoms with Crippen LogP contribution in [0.2, 0.25) is 5.15 Å². The van der Waals surface area contributed by atoms with E-state index < -0.39 is 0 Å². The van der Waals surface area contributed by atoms with E-state index >= 15 is 0 Å². The normalized spacial score (nSPS) is 14.1. The Morgan fingerprint density at radius 3 is 2.57 bits per heavy atom. The first-order valence-corrected chi connectivity index (χ1v) is 7.76. The van der Waals surface area contributed by atoms with Gasteiger partial charge in [0.1, 0.15) is 16.7 Å². The third kappa shape index (κ3) is 2.85. The molecule has 1 saturated carbocycles. The van der Waals surface area contributed by atoms with Gasteiger partial charge in [0.2, 0.25) is 0 Å². The molecule has 1 aromatic carbocycles. The summed E-state index contributed by atoms with van der Waals surface area (Å²) in [5.41, 5.74) is 1.74. The van der Waals surface area contributed by atoms with Gasteiger partial charge in [0, 0.05) is 5.92 Å². The molecule has 0 atom stereocenters. The Balaban J connectivity index is 2.15. The van der Waals surface area contributed by atoms with E-state index in [9.17, 15) is 0 Å². The van der Waals surface area contributed by atoms with Crippen LogP contribution in [-0.4, -0.2) is 24.2 Å². The zero-order valence-corrected chi connectivity index (χ0v) is 14.0. The highest BCUT2D eigenvalue weighted by Crippen LogP contribution is 2.45. The number of halogens is 2. The first kappa shape index (κ1) is 14.6. The Hall–Kier alpha value is -1.33. The van der Waals surface area contributed by atoms with Crippen LogP contribution < -0.4 is 9.47 Å². The van der Waals surface area contributed by atoms with Crippen LogP contribution in [-0.2, 0) is 0 Å². The van der Waals surface area contributed by atoms with Gasteiger partial charge in [0.15, 0.2) is 5.82 Å². The molecule has 1 aromatic heterocycles. The second-order valence-electron chi connectivity index (χ2n) is 4.88. The number of ether oxygens (including phenoxy) is 2. The van der Waals surface area contributed by atoms with Gasteiger partial charge in [0.05, 0.1) is 29.9 Å². The lowest BCUT2D eigenvalue weighted by molar-refractivity contribution is 0.404. The highest BCUT2D eigenvalue weighted by Gasteiger charge is 2.29. The topological polar surface area (TPSA) is 44.2 Å². The monoisotopic (exact) mass is 368 g/mol. The number of hydrogen-bond acceptors (Lipinski definition) is 4. The van der Waals surface area contributed by atoms with Crippen LogP contribution >= 0.6 is 27.5 Å². The van der Waals surface area contributed by atoms with Crippen molar-refractivity contribution in [1.82, 2.24) is 9.97 Å². The van der Waals surface area contributed by atoms with Gasteiger partial charge in [-0.25, -0.2) is 9.97 Å². The number of hydrogen-bond donors (Lipinski definition) is 0. The van der Waals surface area contributed by atoms with Crippen LogP contribution in [0.25, 0.3) is 11.4 Å². The summed E-state index contributed by atoms with van der Waals surface area (Å²) in [6.45, 7) is 0. The van der Waals surface area contributed by atoms with Crippen molar-refractivity contribution in [2.75, 3.05) is 14.2 Å². The number of nitrogens with zero attached hydrogens (tertiary/aromatic N) is 2. The minimum absolute atomic E-state index is 0.423. The summed E-state index contributed by atoms with van der Waals surface area (Å²) in [5, 5.41) is 0.423. The number of benzene rings is 1. The summed E-state index contributed by atoms with van der Waals surface area (Å²) in [6, 6.07) is 5.53. The fourth-order valence-corrected chi connectivity index (χ4v) is 2.85. The molecule has 4 nitrogen and oxygen atoms in total. The molecule has 0 amide bonds. The van der Waals surface area contributed by atoms with Crippen LogP contribution in [0.5, 0.6) is 11.5 Å². The summed E-state index contributed by atoms with van der Waals surface area (Å²) >= 11 is 9.72. The quantitative estimate of drug-likeness (QED) is 0.747. The highest BCUT2D eigenvalue weighted by molar-refractivity contribution is 9.10. The van der Waals surface area contributed by atoms with Crippen molar-refractivity contribution >= 4 is 27.5 Å². The third-order valence-electron chi connectivity index (χ3n) is 3.45. The predicted molar refractivity (Wildman–Crippen MR) is 85.3 cm³/mol. The SMILES string of the molecule is COc1ccc(OC)c(-c2nc(Cl)c(Br)c(C3CC3)n2)c1. The smallest absolute Gasteiger partial charge is 0.165 e. The Labute approximate surface area is 136 Å². The Kier molecular flexibility index (Phi) is 4.04. The standard InChI is InChI=1S/C15H14BrClN2O2/c1-20-9-5-6-11(21-2)10(7-9)15-18-13(8-3-4-8)12(16)14(17)19-15/h5-8H,3-4H2,1-2H3. The molecule has 0 aliphatic heterocycles. The van der Waals surface area contributed by atoms with E-state index in [1.165, 1.54) is 0 Å². The average molecular weight is 370 g/mol. The number of aromatic nitrogens is 2. The molecule has 1 heterocycles. The van der Waals surface area contributed by atoms with E-state index in [2.05, 4.69) is 25.9 Å². The zero-order valence-electron chi connectivity index (χ0n) is 11.7. The molecule has 0 N–H and O–H groups in total. The lowest BCUT2D eigenvalue weighted by Gasteiger charge is -2.12. The van der Waals surface area contributed by atoms with Gasteiger partial charge in [-0.2, -0.15) is 0 Å². The van der Waals surface area contributed by atoms with Crippen molar-refractivity contribution in [1.29, 1.82) is 0 Å². The van der Waals surface area contributed by atoms with Crippen molar-refractivity contribution in [3.05, 3.63) is 33.5 Å². The van der Waals surface area contributed by atoms with Crippen LogP contribution in [0.3, 0.4) is 0 Å². The van der Waals surface area contributed by atoms with Gasteiger partial charge in [-0.15, -0.1) is 0 Å². The number of rotatable bonds is 4. The molecule has 1 fully saturated rings. The highest BCUT2D eigenvalue weighted by atomic mass is 79.9. The molecule has 110 valence electrons. The summed E-state index contributed by atoms with van der Waals surface area (Å²) in [7, 11) is 3.24. The van der Waals surface area contributed by atoms with E-state index in [1.807, 2.05) is 18.2 Å². The first-order valence-electron chi connectivity index (χ1n) is 6.59. The van der Waals surface area contributed by atoms with E-state index in [4.69, 9.17) is 21.1 Å². The molecule has 1 aliphatic carbocycles. The molecule has 0 unspecified atom stereocenters. The molecule has 0 spiro atoms. The lowest BCUT2D eigenvalue weighted by atomic mass is 10.1. The molecule has 0 radical (unpaired) electrons. The van der Waals surface area contributed by atoms with Crippen LogP contribution in [0.15, 0.2) is 22.7 Å². The number of methoxy groups -OCH3 is 2. The minimum atomic E-state index is 0.423. The minimum Gasteiger partial charge on any atom is -0.497 e. The van der Waals surface area contributed by atoms with Gasteiger partial charge in [0.25, 0.3) is 0 Å². The van der Waals surface area contributed by atoms with Crippen molar-refractivity contribution in [3.63, 3.8) is 0 Å². The van der Waals surface area contributed by atoms with Crippen LogP contribution in [0.4, 0.5) is 0 Å². The molecule has 6 heteroatoms. The van der Waals surface area contributed by atoms with Crippen LogP contribution in [0.1, 0.15) is 24.5 Å². The summed E-state index contributed by atoms with van der Waals surface area (Å²) in [4.78, 5) is 9.04. The second-order valence-corrected chi connectivity index (χ2v) is 6.03. The van der Waals surface area contributed by atoms with Gasteiger partial charge in [-0.1, -0.05) is 11.6 Å². The van der Waals surface area contributed by atoms with Gasteiger partial charge < -0.3 is 9.47 Å². The van der Waals surface area contributed by atoms with Crippen molar-refractivity contribution < 1.29 is 9.47 Å². The third-order valence-corrected chi connectivity index (χ3v) is 4.73. The summed E-state index contributed by atoms with van der Waals surface area (Å²) in [6.07, 6.45) is 2.28. The van der Waals surface area contributed by atoms with E-state index in [-0.39, 0.29) is 0 Å². The van der Waals surface area contributed by atoms with Crippen molar-refractivity contribution in [2.24, 2.45) is 0 Å². The lowest BCUT2D eigenvalue weighted by Crippen LogP contribution is -1.99. The Morgan fingerprint density at radius 1 is 1.19 bits per heavy atom. The fourth-order valence-electron chi connectivity index (χ4n) is 2.17. The summed E-state index contributed by atoms with van der Waals surface area (Å²) < 4.78 is 11.5. The molecular weight excluding hydrogens is 356 g/mol. The molecule has 0 bridgehead atoms. The Bertz CT molecular complexity index is 690. The maximum atomic E-state index is 6.24. The maximum Gasteiger partial charge on any atom is 0.165 e. The average Bonchev–Trinajstić information content (AvgIpc) is 3.33. The Morgan fingerprint density at radius 2 is 1.95 bits per heavy atom. The molecule has 0 saturated heterocycles. The van der Waals surface area contributed by atoms with Crippen LogP contribution in [0, 0.1) is 0 Å². The van der Waals surface area contributed by atoms with Gasteiger partial charge in [-0.3, -0.25) is 0 Å². The molecule has 3 rings (SSSR count). The van der Waals surface area contributed by atoms with Crippen molar-refractivity contribution in [2.45, 2.75) is 18.8 Å². The van der Waals surface area contributed by atoms with Gasteiger partial charge in [-0.05, 0) is 47.0 Å². The van der Waals surface area contributed by atoms with E-state index in [0.717, 1.165) is 34.3 Å². The van der Waals surface area contributed by atoms with Crippen molar-refractivity contribution in [3.8, 4) is 22.9 Å². The fraction of sp³-hybridized carbons (Fsp3) is 0.333. The first-order chi connectivity index (χ1) is 10.1.